The van der Waals surface area contributed by atoms with E-state index in [0.717, 1.165) is 23.9 Å². The lowest BCUT2D eigenvalue weighted by molar-refractivity contribution is 0.355. The number of nitrogens with two attached hydrogens (primary N) is 1. The summed E-state index contributed by atoms with van der Waals surface area (Å²) >= 11 is 0. The first-order valence-corrected chi connectivity index (χ1v) is 7.88. The third-order valence-corrected chi connectivity index (χ3v) is 4.65. The SMILES string of the molecule is Nc1c(-c2nc3ccccc3[nH]2)c(O)cn1C1CCCCC1. The topological polar surface area (TPSA) is 79.9 Å². The number of hydrogen-bond donors (Lipinski definition) is 3. The fourth-order valence-corrected chi connectivity index (χ4v) is 3.50. The van der Waals surface area contributed by atoms with Crippen LogP contribution in [0, 0.1) is 0 Å². The molecule has 0 atom stereocenters. The largest absolute Gasteiger partial charge is 0.505 e. The van der Waals surface area contributed by atoms with E-state index in [1.54, 1.807) is 6.20 Å². The number of H-pyrrole nitrogens is 1. The number of aromatic amines is 1. The van der Waals surface area contributed by atoms with Crippen molar-refractivity contribution in [2.75, 3.05) is 5.73 Å². The van der Waals surface area contributed by atoms with Crippen LogP contribution in [0.4, 0.5) is 5.82 Å². The molecule has 1 aromatic carbocycles. The Morgan fingerprint density at radius 2 is 1.95 bits per heavy atom. The lowest BCUT2D eigenvalue weighted by Gasteiger charge is -2.24. The summed E-state index contributed by atoms with van der Waals surface area (Å²) < 4.78 is 2.02. The Morgan fingerprint density at radius 1 is 1.18 bits per heavy atom. The number of aromatic nitrogens is 3. The summed E-state index contributed by atoms with van der Waals surface area (Å²) in [5.41, 5.74) is 8.77. The minimum absolute atomic E-state index is 0.196. The highest BCUT2D eigenvalue weighted by Crippen LogP contribution is 2.40. The Hall–Kier alpha value is -2.43. The summed E-state index contributed by atoms with van der Waals surface area (Å²) in [6, 6.07) is 8.21. The molecule has 5 heteroatoms. The van der Waals surface area contributed by atoms with Crippen molar-refractivity contribution in [1.29, 1.82) is 0 Å². The maximum Gasteiger partial charge on any atom is 0.146 e. The summed E-state index contributed by atoms with van der Waals surface area (Å²) in [4.78, 5) is 7.80. The molecule has 4 rings (SSSR count). The van der Waals surface area contributed by atoms with E-state index in [-0.39, 0.29) is 5.75 Å². The van der Waals surface area contributed by atoms with Gasteiger partial charge in [-0.15, -0.1) is 0 Å². The summed E-state index contributed by atoms with van der Waals surface area (Å²) in [5.74, 6) is 1.43. The second-order valence-corrected chi connectivity index (χ2v) is 6.08. The molecule has 2 heterocycles. The monoisotopic (exact) mass is 296 g/mol. The van der Waals surface area contributed by atoms with Crippen LogP contribution in [-0.4, -0.2) is 19.6 Å². The van der Waals surface area contributed by atoms with Crippen molar-refractivity contribution in [2.45, 2.75) is 38.1 Å². The molecule has 0 bridgehead atoms. The van der Waals surface area contributed by atoms with Gasteiger partial charge in [0.05, 0.1) is 11.0 Å². The van der Waals surface area contributed by atoms with E-state index < -0.39 is 0 Å². The molecule has 0 radical (unpaired) electrons. The lowest BCUT2D eigenvalue weighted by Crippen LogP contribution is -2.14. The molecule has 0 spiro atoms. The highest BCUT2D eigenvalue weighted by Gasteiger charge is 2.23. The first-order chi connectivity index (χ1) is 10.7. The molecule has 0 amide bonds. The fraction of sp³-hybridized carbons (Fsp3) is 0.353. The third kappa shape index (κ3) is 2.04. The minimum Gasteiger partial charge on any atom is -0.505 e. The number of nitrogens with zero attached hydrogens (tertiary/aromatic N) is 2. The molecule has 1 aliphatic carbocycles. The van der Waals surface area contributed by atoms with Crippen LogP contribution in [0.3, 0.4) is 0 Å². The Labute approximate surface area is 128 Å². The summed E-state index contributed by atoms with van der Waals surface area (Å²) in [7, 11) is 0. The zero-order valence-corrected chi connectivity index (χ0v) is 12.4. The van der Waals surface area contributed by atoms with Gasteiger partial charge in [0.2, 0.25) is 0 Å². The number of benzene rings is 1. The third-order valence-electron chi connectivity index (χ3n) is 4.65. The Kier molecular flexibility index (Phi) is 3.06. The van der Waals surface area contributed by atoms with Gasteiger partial charge in [-0.05, 0) is 25.0 Å². The van der Waals surface area contributed by atoms with E-state index in [9.17, 15) is 5.11 Å². The number of nitrogen functional groups attached to an aromatic ring is 1. The van der Waals surface area contributed by atoms with Gasteiger partial charge in [0.15, 0.2) is 0 Å². The molecule has 0 saturated heterocycles. The van der Waals surface area contributed by atoms with Crippen LogP contribution >= 0.6 is 0 Å². The summed E-state index contributed by atoms with van der Waals surface area (Å²) in [5, 5.41) is 10.4. The van der Waals surface area contributed by atoms with Crippen LogP contribution < -0.4 is 5.73 Å². The smallest absolute Gasteiger partial charge is 0.146 e. The van der Waals surface area contributed by atoms with Crippen molar-refractivity contribution in [3.8, 4) is 17.1 Å². The van der Waals surface area contributed by atoms with Crippen molar-refractivity contribution in [1.82, 2.24) is 14.5 Å². The maximum atomic E-state index is 10.4. The quantitative estimate of drug-likeness (QED) is 0.672. The molecule has 4 N–H and O–H groups in total. The second-order valence-electron chi connectivity index (χ2n) is 6.08. The molecule has 22 heavy (non-hydrogen) atoms. The molecule has 0 unspecified atom stereocenters. The van der Waals surface area contributed by atoms with E-state index >= 15 is 0 Å². The Morgan fingerprint density at radius 3 is 2.73 bits per heavy atom. The van der Waals surface area contributed by atoms with Gasteiger partial charge in [-0.3, -0.25) is 0 Å². The van der Waals surface area contributed by atoms with E-state index in [1.165, 1.54) is 19.3 Å². The van der Waals surface area contributed by atoms with Crippen LogP contribution in [0.2, 0.25) is 0 Å². The van der Waals surface area contributed by atoms with Gasteiger partial charge in [0, 0.05) is 12.2 Å². The summed E-state index contributed by atoms with van der Waals surface area (Å²) in [6.45, 7) is 0. The van der Waals surface area contributed by atoms with Crippen molar-refractivity contribution in [2.24, 2.45) is 0 Å². The molecule has 0 aliphatic heterocycles. The Balaban J connectivity index is 1.79. The summed E-state index contributed by atoms with van der Waals surface area (Å²) in [6.07, 6.45) is 7.75. The number of para-hydroxylation sites is 2. The van der Waals surface area contributed by atoms with Gasteiger partial charge >= 0.3 is 0 Å². The van der Waals surface area contributed by atoms with Crippen molar-refractivity contribution in [3.05, 3.63) is 30.5 Å². The van der Waals surface area contributed by atoms with E-state index in [1.807, 2.05) is 28.8 Å². The van der Waals surface area contributed by atoms with E-state index in [2.05, 4.69) is 9.97 Å². The molecule has 1 fully saturated rings. The Bertz CT molecular complexity index is 778. The number of fused-ring (bicyclic) bond motifs is 1. The van der Waals surface area contributed by atoms with E-state index in [4.69, 9.17) is 5.73 Å². The molecular formula is C17H20N4O. The van der Waals surface area contributed by atoms with Crippen LogP contribution in [0.5, 0.6) is 5.75 Å². The zero-order chi connectivity index (χ0) is 15.1. The number of nitrogens with one attached hydrogen (secondary N) is 1. The predicted molar refractivity (Wildman–Crippen MR) is 87.7 cm³/mol. The van der Waals surface area contributed by atoms with Crippen LogP contribution in [0.15, 0.2) is 30.5 Å². The average Bonchev–Trinajstić information content (AvgIpc) is 3.08. The molecular weight excluding hydrogens is 276 g/mol. The number of hydrogen-bond acceptors (Lipinski definition) is 3. The molecule has 1 saturated carbocycles. The van der Waals surface area contributed by atoms with Gasteiger partial charge in [-0.1, -0.05) is 31.4 Å². The standard InChI is InChI=1S/C17H20N4O/c18-16-15(17-19-12-8-4-5-9-13(12)20-17)14(22)10-21(16)11-6-2-1-3-7-11/h4-5,8-11,22H,1-3,6-7,18H2,(H,19,20). The zero-order valence-electron chi connectivity index (χ0n) is 12.4. The average molecular weight is 296 g/mol. The number of rotatable bonds is 2. The van der Waals surface area contributed by atoms with Crippen molar-refractivity contribution < 1.29 is 5.11 Å². The lowest BCUT2D eigenvalue weighted by atomic mass is 9.95. The normalized spacial score (nSPS) is 16.4. The molecule has 1 aliphatic rings. The number of aromatic hydroxyl groups is 1. The van der Waals surface area contributed by atoms with Gasteiger partial charge < -0.3 is 20.4 Å². The molecule has 2 aromatic heterocycles. The van der Waals surface area contributed by atoms with Crippen molar-refractivity contribution in [3.63, 3.8) is 0 Å². The van der Waals surface area contributed by atoms with Gasteiger partial charge in [-0.25, -0.2) is 4.98 Å². The maximum absolute atomic E-state index is 10.4. The van der Waals surface area contributed by atoms with Crippen molar-refractivity contribution >= 4 is 16.9 Å². The van der Waals surface area contributed by atoms with Gasteiger partial charge in [0.1, 0.15) is 23.0 Å². The molecule has 5 nitrogen and oxygen atoms in total. The minimum atomic E-state index is 0.196. The van der Waals surface area contributed by atoms with Gasteiger partial charge in [-0.2, -0.15) is 0 Å². The van der Waals surface area contributed by atoms with Crippen LogP contribution in [0.1, 0.15) is 38.1 Å². The fourth-order valence-electron chi connectivity index (χ4n) is 3.50. The first kappa shape index (κ1) is 13.2. The van der Waals surface area contributed by atoms with Crippen LogP contribution in [-0.2, 0) is 0 Å². The molecule has 114 valence electrons. The molecule has 3 aromatic rings. The highest BCUT2D eigenvalue weighted by atomic mass is 16.3. The first-order valence-electron chi connectivity index (χ1n) is 7.88. The predicted octanol–water partition coefficient (Wildman–Crippen LogP) is 3.82. The second kappa shape index (κ2) is 5.09. The van der Waals surface area contributed by atoms with E-state index in [0.29, 0.717) is 23.2 Å². The highest BCUT2D eigenvalue weighted by molar-refractivity contribution is 5.84. The van der Waals surface area contributed by atoms with Gasteiger partial charge in [0.25, 0.3) is 0 Å². The van der Waals surface area contributed by atoms with Crippen LogP contribution in [0.25, 0.3) is 22.4 Å². The number of anilines is 1. The number of imidazole rings is 1.